The van der Waals surface area contributed by atoms with E-state index >= 15 is 0 Å². The molecule has 3 heteroatoms. The molecule has 1 rings (SSSR count). The van der Waals surface area contributed by atoms with Crippen molar-refractivity contribution in [3.63, 3.8) is 0 Å². The first kappa shape index (κ1) is 3.33. The number of rotatable bonds is 0. The van der Waals surface area contributed by atoms with Crippen LogP contribution in [0.3, 0.4) is 0 Å². The topological polar surface area (TPSA) is 38.7 Å². The van der Waals surface area contributed by atoms with Crippen LogP contribution in [-0.4, -0.2) is 12.0 Å². The van der Waals surface area contributed by atoms with Gasteiger partial charge < -0.3 is 4.84 Å². The second kappa shape index (κ2) is 1.08. The van der Waals surface area contributed by atoms with Crippen LogP contribution in [0, 0.1) is 6.61 Å². The van der Waals surface area contributed by atoms with Gasteiger partial charge in [-0.05, 0) is 0 Å². The molecule has 29 valence electrons. The number of hydrogen-bond acceptors (Lipinski definition) is 3. The third-order valence-corrected chi connectivity index (χ3v) is 0.331. The van der Waals surface area contributed by atoms with Crippen molar-refractivity contribution in [2.24, 2.45) is 5.16 Å². The SMILES string of the molecule is O=C1[C]ON=[C]1. The summed E-state index contributed by atoms with van der Waals surface area (Å²) in [4.78, 5) is 13.8. The molecule has 0 atom stereocenters. The largest absolute Gasteiger partial charge is 0.369 e. The van der Waals surface area contributed by atoms with Crippen LogP contribution in [0.4, 0.5) is 0 Å². The lowest BCUT2D eigenvalue weighted by molar-refractivity contribution is -0.111. The Morgan fingerprint density at radius 1 is 1.83 bits per heavy atom. The van der Waals surface area contributed by atoms with E-state index in [0.717, 1.165) is 0 Å². The van der Waals surface area contributed by atoms with Crippen LogP contribution in [0.2, 0.25) is 0 Å². The van der Waals surface area contributed by atoms with E-state index in [1.165, 1.54) is 0 Å². The van der Waals surface area contributed by atoms with Crippen molar-refractivity contribution in [2.45, 2.75) is 0 Å². The van der Waals surface area contributed by atoms with E-state index in [-0.39, 0.29) is 0 Å². The molecule has 0 N–H and O–H groups in total. The molecule has 0 bridgehead atoms. The molecule has 0 aromatic heterocycles. The lowest BCUT2D eigenvalue weighted by Gasteiger charge is -1.70. The minimum Gasteiger partial charge on any atom is -0.369 e. The number of hydrogen-bond donors (Lipinski definition) is 0. The van der Waals surface area contributed by atoms with E-state index in [9.17, 15) is 4.79 Å². The summed E-state index contributed by atoms with van der Waals surface area (Å²) in [5, 5.41) is 2.95. The average molecular weight is 82.0 g/mol. The molecule has 0 aromatic rings. The van der Waals surface area contributed by atoms with E-state index < -0.39 is 5.78 Å². The summed E-state index contributed by atoms with van der Waals surface area (Å²) >= 11 is 0. The first-order valence-corrected chi connectivity index (χ1v) is 1.31. The van der Waals surface area contributed by atoms with Crippen molar-refractivity contribution in [2.75, 3.05) is 0 Å². The van der Waals surface area contributed by atoms with Gasteiger partial charge in [0.2, 0.25) is 5.78 Å². The number of Topliss-reactive ketones (excluding diaryl/α,β-unsaturated/α-hetero) is 1. The highest BCUT2D eigenvalue weighted by atomic mass is 16.6. The quantitative estimate of drug-likeness (QED) is 0.394. The summed E-state index contributed by atoms with van der Waals surface area (Å²) in [5.41, 5.74) is 0. The van der Waals surface area contributed by atoms with Gasteiger partial charge in [0.05, 0.1) is 0 Å². The van der Waals surface area contributed by atoms with Crippen molar-refractivity contribution < 1.29 is 9.63 Å². The minimum atomic E-state index is -0.435. The number of nitrogens with zero attached hydrogens (tertiary/aromatic N) is 1. The van der Waals surface area contributed by atoms with Gasteiger partial charge >= 0.3 is 6.61 Å². The second-order valence-electron chi connectivity index (χ2n) is 0.726. The Bertz CT molecular complexity index is 97.0. The van der Waals surface area contributed by atoms with Crippen molar-refractivity contribution in [1.29, 1.82) is 0 Å². The smallest absolute Gasteiger partial charge is 0.309 e. The molecule has 0 aromatic carbocycles. The van der Waals surface area contributed by atoms with Gasteiger partial charge in [0.25, 0.3) is 0 Å². The normalized spacial score (nSPS) is 18.3. The Hall–Kier alpha value is -0.860. The summed E-state index contributed by atoms with van der Waals surface area (Å²) in [7, 11) is 0. The average Bonchev–Trinajstić information content (AvgIpc) is 1.86. The fraction of sp³-hybridized carbons (Fsp3) is 0. The summed E-state index contributed by atoms with van der Waals surface area (Å²) in [6.07, 6.45) is 1.97. The number of ketones is 1. The van der Waals surface area contributed by atoms with Gasteiger partial charge in [0, 0.05) is 0 Å². The summed E-state index contributed by atoms with van der Waals surface area (Å²) in [6, 6.07) is 0. The van der Waals surface area contributed by atoms with Crippen molar-refractivity contribution in [3.8, 4) is 0 Å². The molecule has 3 radical (unpaired) electrons. The molecule has 0 fully saturated rings. The first-order valence-electron chi connectivity index (χ1n) is 1.31. The molecule has 0 amide bonds. The molecule has 1 aliphatic rings. The number of carbonyl (C=O) groups is 1. The lowest BCUT2D eigenvalue weighted by Crippen LogP contribution is -1.89. The zero-order valence-corrected chi connectivity index (χ0v) is 2.76. The van der Waals surface area contributed by atoms with Crippen LogP contribution in [0.1, 0.15) is 0 Å². The summed E-state index contributed by atoms with van der Waals surface area (Å²) in [6.45, 7) is 1.90. The van der Waals surface area contributed by atoms with Gasteiger partial charge in [-0.2, -0.15) is 0 Å². The van der Waals surface area contributed by atoms with Crippen LogP contribution in [-0.2, 0) is 9.63 Å². The monoisotopic (exact) mass is 82.0 g/mol. The summed E-state index contributed by atoms with van der Waals surface area (Å²) in [5.74, 6) is -0.435. The molecule has 0 saturated heterocycles. The van der Waals surface area contributed by atoms with E-state index in [1.54, 1.807) is 0 Å². The molecule has 0 saturated carbocycles. The third-order valence-electron chi connectivity index (χ3n) is 0.331. The highest BCUT2D eigenvalue weighted by Gasteiger charge is 2.07. The van der Waals surface area contributed by atoms with Gasteiger partial charge in [-0.1, -0.05) is 5.16 Å². The maximum Gasteiger partial charge on any atom is 0.309 e. The van der Waals surface area contributed by atoms with Gasteiger partial charge in [-0.25, -0.2) is 0 Å². The van der Waals surface area contributed by atoms with Crippen LogP contribution >= 0.6 is 0 Å². The molecule has 3 nitrogen and oxygen atoms in total. The van der Waals surface area contributed by atoms with Crippen LogP contribution < -0.4 is 0 Å². The Morgan fingerprint density at radius 3 is 2.83 bits per heavy atom. The van der Waals surface area contributed by atoms with Crippen LogP contribution in [0.5, 0.6) is 0 Å². The van der Waals surface area contributed by atoms with Crippen LogP contribution in [0.25, 0.3) is 0 Å². The standard InChI is InChI=1S/C3NO2/c5-3-1-4-6-2-3. The fourth-order valence-corrected chi connectivity index (χ4v) is 0.151. The molecule has 0 unspecified atom stereocenters. The van der Waals surface area contributed by atoms with E-state index in [1.807, 2.05) is 12.8 Å². The molecular weight excluding hydrogens is 82.0 g/mol. The van der Waals surface area contributed by atoms with E-state index in [4.69, 9.17) is 0 Å². The fourth-order valence-electron chi connectivity index (χ4n) is 0.151. The highest BCUT2D eigenvalue weighted by Crippen LogP contribution is 1.89. The van der Waals surface area contributed by atoms with Gasteiger partial charge in [0.1, 0.15) is 0 Å². The van der Waals surface area contributed by atoms with E-state index in [2.05, 4.69) is 9.99 Å². The van der Waals surface area contributed by atoms with Crippen molar-refractivity contribution in [1.82, 2.24) is 0 Å². The predicted molar refractivity (Wildman–Crippen MR) is 16.8 cm³/mol. The Kier molecular flexibility index (Phi) is 0.602. The molecule has 0 aliphatic carbocycles. The number of carbonyl (C=O) groups excluding carboxylic acids is 1. The second-order valence-corrected chi connectivity index (χ2v) is 0.726. The van der Waals surface area contributed by atoms with Crippen molar-refractivity contribution >= 4 is 12.0 Å². The van der Waals surface area contributed by atoms with Gasteiger partial charge in [-0.3, -0.25) is 4.79 Å². The Balaban J connectivity index is 2.59. The molecule has 1 heterocycles. The lowest BCUT2D eigenvalue weighted by atomic mass is 10.5. The Morgan fingerprint density at radius 2 is 2.67 bits per heavy atom. The molecule has 1 aliphatic heterocycles. The zero-order chi connectivity index (χ0) is 4.41. The Labute approximate surface area is 34.6 Å². The maximum absolute atomic E-state index is 9.80. The minimum absolute atomic E-state index is 0.435. The van der Waals surface area contributed by atoms with Crippen molar-refractivity contribution in [3.05, 3.63) is 6.61 Å². The molecule has 6 heavy (non-hydrogen) atoms. The van der Waals surface area contributed by atoms with Gasteiger partial charge in [-0.15, -0.1) is 0 Å². The zero-order valence-electron chi connectivity index (χ0n) is 2.76. The molecule has 0 spiro atoms. The first-order chi connectivity index (χ1) is 2.89. The summed E-state index contributed by atoms with van der Waals surface area (Å²) < 4.78 is 0. The van der Waals surface area contributed by atoms with Crippen LogP contribution in [0.15, 0.2) is 5.16 Å². The predicted octanol–water partition coefficient (Wildman–Crippen LogP) is -0.513. The van der Waals surface area contributed by atoms with Gasteiger partial charge in [0.15, 0.2) is 6.21 Å². The maximum atomic E-state index is 9.80. The third kappa shape index (κ3) is 0.381. The molecular formula is C3NO2. The van der Waals surface area contributed by atoms with E-state index in [0.29, 0.717) is 0 Å². The highest BCUT2D eigenvalue weighted by molar-refractivity contribution is 6.31.